The lowest BCUT2D eigenvalue weighted by atomic mass is 10.0. The van der Waals surface area contributed by atoms with Gasteiger partial charge >= 0.3 is 0 Å². The molecule has 0 bridgehead atoms. The molecule has 3 rings (SSSR count). The molecular weight excluding hydrogens is 272 g/mol. The summed E-state index contributed by atoms with van der Waals surface area (Å²) in [4.78, 5) is 13.7. The summed E-state index contributed by atoms with van der Waals surface area (Å²) in [6.45, 7) is 4.26. The zero-order chi connectivity index (χ0) is 15.4. The molecule has 116 valence electrons. The van der Waals surface area contributed by atoms with Crippen LogP contribution in [-0.4, -0.2) is 15.0 Å². The SMILES string of the molecule is CC[C@@H](Nc1nccc(C2CCCC2)n1)c1ncccc1C. The predicted molar refractivity (Wildman–Crippen MR) is 88.9 cm³/mol. The maximum atomic E-state index is 4.75. The van der Waals surface area contributed by atoms with E-state index in [1.165, 1.54) is 36.9 Å². The summed E-state index contributed by atoms with van der Waals surface area (Å²) in [5.41, 5.74) is 3.47. The maximum absolute atomic E-state index is 4.75. The van der Waals surface area contributed by atoms with Gasteiger partial charge in [0.15, 0.2) is 0 Å². The van der Waals surface area contributed by atoms with Crippen molar-refractivity contribution in [1.29, 1.82) is 0 Å². The largest absolute Gasteiger partial charge is 0.346 e. The second kappa shape index (κ2) is 6.86. The lowest BCUT2D eigenvalue weighted by molar-refractivity contribution is 0.680. The minimum Gasteiger partial charge on any atom is -0.346 e. The molecular formula is C18H24N4. The Bertz CT molecular complexity index is 620. The van der Waals surface area contributed by atoms with Gasteiger partial charge in [0.25, 0.3) is 0 Å². The van der Waals surface area contributed by atoms with Gasteiger partial charge in [-0.2, -0.15) is 0 Å². The van der Waals surface area contributed by atoms with E-state index in [2.05, 4.69) is 41.3 Å². The number of hydrogen-bond donors (Lipinski definition) is 1. The average molecular weight is 296 g/mol. The third kappa shape index (κ3) is 3.26. The molecule has 1 N–H and O–H groups in total. The Kier molecular flexibility index (Phi) is 4.66. The highest BCUT2D eigenvalue weighted by molar-refractivity contribution is 5.33. The van der Waals surface area contributed by atoms with Crippen LogP contribution in [0.25, 0.3) is 0 Å². The van der Waals surface area contributed by atoms with Crippen LogP contribution in [0.2, 0.25) is 0 Å². The standard InChI is InChI=1S/C18H24N4/c1-3-15(17-13(2)7-6-11-19-17)21-18-20-12-10-16(22-18)14-8-4-5-9-14/h6-7,10-12,14-15H,3-5,8-9H2,1-2H3,(H,20,21,22)/t15-/m1/s1. The average Bonchev–Trinajstić information content (AvgIpc) is 3.08. The highest BCUT2D eigenvalue weighted by Gasteiger charge is 2.20. The number of aromatic nitrogens is 3. The molecule has 1 fully saturated rings. The quantitative estimate of drug-likeness (QED) is 0.888. The van der Waals surface area contributed by atoms with Crippen LogP contribution in [0.4, 0.5) is 5.95 Å². The Balaban J connectivity index is 1.79. The Morgan fingerprint density at radius 3 is 2.73 bits per heavy atom. The third-order valence-electron chi connectivity index (χ3n) is 4.54. The van der Waals surface area contributed by atoms with Crippen molar-refractivity contribution in [2.75, 3.05) is 5.32 Å². The van der Waals surface area contributed by atoms with E-state index in [4.69, 9.17) is 4.98 Å². The van der Waals surface area contributed by atoms with E-state index >= 15 is 0 Å². The third-order valence-corrected chi connectivity index (χ3v) is 4.54. The smallest absolute Gasteiger partial charge is 0.223 e. The van der Waals surface area contributed by atoms with E-state index in [-0.39, 0.29) is 6.04 Å². The molecule has 2 aromatic rings. The van der Waals surface area contributed by atoms with E-state index < -0.39 is 0 Å². The molecule has 0 spiro atoms. The fourth-order valence-electron chi connectivity index (χ4n) is 3.27. The van der Waals surface area contributed by atoms with E-state index in [0.29, 0.717) is 5.92 Å². The first kappa shape index (κ1) is 14.9. The molecule has 2 aromatic heterocycles. The first-order chi connectivity index (χ1) is 10.8. The van der Waals surface area contributed by atoms with Gasteiger partial charge in [0.2, 0.25) is 5.95 Å². The molecule has 4 nitrogen and oxygen atoms in total. The summed E-state index contributed by atoms with van der Waals surface area (Å²) in [7, 11) is 0. The van der Waals surface area contributed by atoms with Crippen molar-refractivity contribution in [3.05, 3.63) is 47.5 Å². The van der Waals surface area contributed by atoms with Crippen molar-refractivity contribution < 1.29 is 0 Å². The number of aryl methyl sites for hydroxylation is 1. The number of nitrogens with one attached hydrogen (secondary N) is 1. The monoisotopic (exact) mass is 296 g/mol. The van der Waals surface area contributed by atoms with Gasteiger partial charge in [-0.15, -0.1) is 0 Å². The van der Waals surface area contributed by atoms with Crippen LogP contribution >= 0.6 is 0 Å². The van der Waals surface area contributed by atoms with Crippen LogP contribution < -0.4 is 5.32 Å². The Morgan fingerprint density at radius 1 is 1.18 bits per heavy atom. The second-order valence-corrected chi connectivity index (χ2v) is 6.10. The van der Waals surface area contributed by atoms with Crippen molar-refractivity contribution in [1.82, 2.24) is 15.0 Å². The van der Waals surface area contributed by atoms with Crippen LogP contribution in [0.15, 0.2) is 30.6 Å². The molecule has 2 heterocycles. The molecule has 0 aliphatic heterocycles. The van der Waals surface area contributed by atoms with Gasteiger partial charge in [0.1, 0.15) is 0 Å². The number of nitrogens with zero attached hydrogens (tertiary/aromatic N) is 3. The maximum Gasteiger partial charge on any atom is 0.223 e. The van der Waals surface area contributed by atoms with Gasteiger partial charge in [0, 0.05) is 24.0 Å². The van der Waals surface area contributed by atoms with Crippen molar-refractivity contribution in [3.8, 4) is 0 Å². The summed E-state index contributed by atoms with van der Waals surface area (Å²) < 4.78 is 0. The molecule has 1 aliphatic carbocycles. The van der Waals surface area contributed by atoms with E-state index in [1.54, 1.807) is 0 Å². The number of pyridine rings is 1. The van der Waals surface area contributed by atoms with Crippen LogP contribution in [0, 0.1) is 6.92 Å². The van der Waals surface area contributed by atoms with Gasteiger partial charge < -0.3 is 5.32 Å². The molecule has 0 radical (unpaired) electrons. The molecule has 22 heavy (non-hydrogen) atoms. The van der Waals surface area contributed by atoms with Crippen LogP contribution in [0.1, 0.15) is 67.9 Å². The summed E-state index contributed by atoms with van der Waals surface area (Å²) in [6, 6.07) is 6.29. The minimum absolute atomic E-state index is 0.153. The van der Waals surface area contributed by atoms with Gasteiger partial charge in [-0.25, -0.2) is 9.97 Å². The Labute approximate surface area is 132 Å². The van der Waals surface area contributed by atoms with Crippen LogP contribution in [0.3, 0.4) is 0 Å². The van der Waals surface area contributed by atoms with Crippen molar-refractivity contribution in [2.45, 2.75) is 57.9 Å². The molecule has 0 amide bonds. The molecule has 0 saturated heterocycles. The molecule has 0 unspecified atom stereocenters. The van der Waals surface area contributed by atoms with Crippen molar-refractivity contribution in [2.24, 2.45) is 0 Å². The second-order valence-electron chi connectivity index (χ2n) is 6.10. The van der Waals surface area contributed by atoms with Gasteiger partial charge in [0.05, 0.1) is 11.7 Å². The fourth-order valence-corrected chi connectivity index (χ4v) is 3.27. The molecule has 1 atom stereocenters. The molecule has 1 saturated carbocycles. The molecule has 4 heteroatoms. The first-order valence-electron chi connectivity index (χ1n) is 8.29. The minimum atomic E-state index is 0.153. The summed E-state index contributed by atoms with van der Waals surface area (Å²) in [5.74, 6) is 1.33. The Morgan fingerprint density at radius 2 is 2.00 bits per heavy atom. The zero-order valence-corrected chi connectivity index (χ0v) is 13.4. The van der Waals surface area contributed by atoms with Gasteiger partial charge in [-0.3, -0.25) is 4.98 Å². The normalized spacial score (nSPS) is 16.6. The summed E-state index contributed by atoms with van der Waals surface area (Å²) in [6.07, 6.45) is 9.84. The Hall–Kier alpha value is -1.97. The van der Waals surface area contributed by atoms with Crippen LogP contribution in [0.5, 0.6) is 0 Å². The highest BCUT2D eigenvalue weighted by Crippen LogP contribution is 2.33. The summed E-state index contributed by atoms with van der Waals surface area (Å²) in [5, 5.41) is 3.46. The van der Waals surface area contributed by atoms with E-state index in [0.717, 1.165) is 18.1 Å². The van der Waals surface area contributed by atoms with Crippen molar-refractivity contribution in [3.63, 3.8) is 0 Å². The van der Waals surface area contributed by atoms with Gasteiger partial charge in [-0.1, -0.05) is 25.8 Å². The molecule has 1 aliphatic rings. The fraction of sp³-hybridized carbons (Fsp3) is 0.500. The summed E-state index contributed by atoms with van der Waals surface area (Å²) >= 11 is 0. The zero-order valence-electron chi connectivity index (χ0n) is 13.4. The van der Waals surface area contributed by atoms with E-state index in [9.17, 15) is 0 Å². The number of rotatable bonds is 5. The highest BCUT2D eigenvalue weighted by atomic mass is 15.1. The topological polar surface area (TPSA) is 50.7 Å². The van der Waals surface area contributed by atoms with Crippen LogP contribution in [-0.2, 0) is 0 Å². The lowest BCUT2D eigenvalue weighted by Gasteiger charge is -2.19. The van der Waals surface area contributed by atoms with E-state index in [1.807, 2.05) is 18.5 Å². The van der Waals surface area contributed by atoms with Crippen molar-refractivity contribution >= 4 is 5.95 Å². The number of hydrogen-bond acceptors (Lipinski definition) is 4. The number of anilines is 1. The predicted octanol–water partition coefficient (Wildman–Crippen LogP) is 4.40. The van der Waals surface area contributed by atoms with Gasteiger partial charge in [-0.05, 0) is 43.9 Å². The first-order valence-corrected chi connectivity index (χ1v) is 8.29. The lowest BCUT2D eigenvalue weighted by Crippen LogP contribution is -2.15. The molecule has 0 aromatic carbocycles.